The molecule has 148 valence electrons. The molecule has 0 bridgehead atoms. The molecule has 6 heteroatoms. The molecule has 0 aliphatic rings. The Kier molecular flexibility index (Phi) is 12.3. The fraction of sp³-hybridized carbons (Fsp3) is 0.650. The second-order valence-electron chi connectivity index (χ2n) is 6.32. The highest BCUT2D eigenvalue weighted by molar-refractivity contribution is 5.79. The minimum atomic E-state index is 0.762. The van der Waals surface area contributed by atoms with E-state index in [2.05, 4.69) is 46.6 Å². The third kappa shape index (κ3) is 10.3. The maximum Gasteiger partial charge on any atom is 0.191 e. The van der Waals surface area contributed by atoms with E-state index in [0.717, 1.165) is 70.4 Å². The van der Waals surface area contributed by atoms with Crippen molar-refractivity contribution in [3.8, 4) is 5.75 Å². The van der Waals surface area contributed by atoms with E-state index in [-0.39, 0.29) is 0 Å². The molecule has 0 aromatic heterocycles. The number of hydrogen-bond acceptors (Lipinski definition) is 4. The molecule has 0 fully saturated rings. The van der Waals surface area contributed by atoms with Crippen LogP contribution in [0, 0.1) is 0 Å². The van der Waals surface area contributed by atoms with Crippen molar-refractivity contribution in [2.24, 2.45) is 4.99 Å². The predicted molar refractivity (Wildman–Crippen MR) is 109 cm³/mol. The Labute approximate surface area is 159 Å². The predicted octanol–water partition coefficient (Wildman–Crippen LogP) is 2.15. The number of benzene rings is 1. The van der Waals surface area contributed by atoms with Gasteiger partial charge in [-0.25, -0.2) is 0 Å². The number of nitrogens with zero attached hydrogens (tertiary/aromatic N) is 2. The summed E-state index contributed by atoms with van der Waals surface area (Å²) in [5.74, 6) is 1.79. The van der Waals surface area contributed by atoms with Crippen molar-refractivity contribution in [2.75, 3.05) is 60.6 Å². The Morgan fingerprint density at radius 2 is 1.96 bits per heavy atom. The fourth-order valence-corrected chi connectivity index (χ4v) is 2.51. The first-order valence-electron chi connectivity index (χ1n) is 9.53. The molecule has 0 amide bonds. The molecule has 0 unspecified atom stereocenters. The molecule has 0 radical (unpaired) electrons. The van der Waals surface area contributed by atoms with E-state index in [1.807, 2.05) is 12.1 Å². The number of nitrogens with one attached hydrogen (secondary N) is 2. The third-order valence-electron chi connectivity index (χ3n) is 3.98. The molecule has 0 saturated carbocycles. The maximum absolute atomic E-state index is 5.69. The normalized spacial score (nSPS) is 11.7. The summed E-state index contributed by atoms with van der Waals surface area (Å²) >= 11 is 0. The van der Waals surface area contributed by atoms with Crippen LogP contribution in [0.25, 0.3) is 0 Å². The zero-order chi connectivity index (χ0) is 19.0. The average molecular weight is 365 g/mol. The second kappa shape index (κ2) is 14.4. The molecule has 0 saturated heterocycles. The molecule has 1 rings (SSSR count). The molecule has 0 atom stereocenters. The van der Waals surface area contributed by atoms with Gasteiger partial charge in [-0.3, -0.25) is 4.99 Å². The second-order valence-corrected chi connectivity index (χ2v) is 6.32. The summed E-state index contributed by atoms with van der Waals surface area (Å²) in [6.45, 7) is 7.40. The average Bonchev–Trinajstić information content (AvgIpc) is 2.65. The Hall–Kier alpha value is -1.79. The van der Waals surface area contributed by atoms with Crippen molar-refractivity contribution in [1.29, 1.82) is 0 Å². The van der Waals surface area contributed by atoms with Crippen molar-refractivity contribution >= 4 is 5.96 Å². The lowest BCUT2D eigenvalue weighted by Gasteiger charge is -2.18. The highest BCUT2D eigenvalue weighted by Crippen LogP contribution is 2.13. The Balaban J connectivity index is 2.23. The van der Waals surface area contributed by atoms with Gasteiger partial charge < -0.3 is 25.0 Å². The van der Waals surface area contributed by atoms with Crippen LogP contribution in [0.5, 0.6) is 5.75 Å². The van der Waals surface area contributed by atoms with Crippen LogP contribution in [0.15, 0.2) is 29.3 Å². The van der Waals surface area contributed by atoms with E-state index in [0.29, 0.717) is 0 Å². The monoisotopic (exact) mass is 364 g/mol. The Morgan fingerprint density at radius 3 is 2.69 bits per heavy atom. The van der Waals surface area contributed by atoms with E-state index in [1.165, 1.54) is 5.56 Å². The van der Waals surface area contributed by atoms with Gasteiger partial charge in [-0.1, -0.05) is 19.1 Å². The molecule has 1 aromatic carbocycles. The van der Waals surface area contributed by atoms with E-state index >= 15 is 0 Å². The third-order valence-corrected chi connectivity index (χ3v) is 3.98. The summed E-state index contributed by atoms with van der Waals surface area (Å²) < 4.78 is 10.8. The number of guanidine groups is 1. The zero-order valence-corrected chi connectivity index (χ0v) is 16.9. The highest BCUT2D eigenvalue weighted by atomic mass is 16.5. The van der Waals surface area contributed by atoms with Crippen LogP contribution in [0.1, 0.15) is 25.3 Å². The van der Waals surface area contributed by atoms with Crippen molar-refractivity contribution < 1.29 is 9.47 Å². The van der Waals surface area contributed by atoms with Crippen LogP contribution < -0.4 is 15.4 Å². The van der Waals surface area contributed by atoms with Crippen molar-refractivity contribution in [2.45, 2.75) is 26.2 Å². The van der Waals surface area contributed by atoms with Crippen molar-refractivity contribution in [1.82, 2.24) is 15.5 Å². The van der Waals surface area contributed by atoms with E-state index in [9.17, 15) is 0 Å². The van der Waals surface area contributed by atoms with Gasteiger partial charge in [-0.15, -0.1) is 0 Å². The van der Waals surface area contributed by atoms with Gasteiger partial charge in [0.1, 0.15) is 5.75 Å². The SMILES string of the molecule is CCCOc1cccc(CCNC(=NC)NCCN(C)CCCOC)c1. The van der Waals surface area contributed by atoms with Gasteiger partial charge in [0, 0.05) is 46.9 Å². The summed E-state index contributed by atoms with van der Waals surface area (Å²) in [5, 5.41) is 6.72. The number of aliphatic imine (C=N–C) groups is 1. The largest absolute Gasteiger partial charge is 0.494 e. The number of methoxy groups -OCH3 is 1. The van der Waals surface area contributed by atoms with Crippen LogP contribution in [-0.2, 0) is 11.2 Å². The van der Waals surface area contributed by atoms with E-state index in [4.69, 9.17) is 9.47 Å². The summed E-state index contributed by atoms with van der Waals surface area (Å²) in [6.07, 6.45) is 3.01. The van der Waals surface area contributed by atoms with Crippen LogP contribution in [0.4, 0.5) is 0 Å². The van der Waals surface area contributed by atoms with Crippen LogP contribution >= 0.6 is 0 Å². The van der Waals surface area contributed by atoms with Crippen LogP contribution in [0.2, 0.25) is 0 Å². The molecular weight excluding hydrogens is 328 g/mol. The minimum absolute atomic E-state index is 0.762. The molecule has 0 aliphatic heterocycles. The molecule has 0 heterocycles. The smallest absolute Gasteiger partial charge is 0.191 e. The number of hydrogen-bond donors (Lipinski definition) is 2. The molecule has 0 aliphatic carbocycles. The summed E-state index contributed by atoms with van der Waals surface area (Å²) in [7, 11) is 5.67. The van der Waals surface area contributed by atoms with Gasteiger partial charge in [-0.2, -0.15) is 0 Å². The Morgan fingerprint density at radius 1 is 1.15 bits per heavy atom. The minimum Gasteiger partial charge on any atom is -0.494 e. The van der Waals surface area contributed by atoms with Crippen LogP contribution in [0.3, 0.4) is 0 Å². The number of ether oxygens (including phenoxy) is 2. The first kappa shape index (κ1) is 22.3. The van der Waals surface area contributed by atoms with Gasteiger partial charge in [-0.05, 0) is 44.0 Å². The fourth-order valence-electron chi connectivity index (χ4n) is 2.51. The van der Waals surface area contributed by atoms with Crippen molar-refractivity contribution in [3.05, 3.63) is 29.8 Å². The first-order chi connectivity index (χ1) is 12.7. The van der Waals surface area contributed by atoms with Gasteiger partial charge in [0.15, 0.2) is 5.96 Å². The van der Waals surface area contributed by atoms with Crippen molar-refractivity contribution in [3.63, 3.8) is 0 Å². The maximum atomic E-state index is 5.69. The number of likely N-dealkylation sites (N-methyl/N-ethyl adjacent to an activating group) is 1. The van der Waals surface area contributed by atoms with Crippen LogP contribution in [-0.4, -0.2) is 71.5 Å². The lowest BCUT2D eigenvalue weighted by molar-refractivity contribution is 0.180. The molecule has 1 aromatic rings. The summed E-state index contributed by atoms with van der Waals surface area (Å²) in [4.78, 5) is 6.57. The van der Waals surface area contributed by atoms with Gasteiger partial charge in [0.2, 0.25) is 0 Å². The van der Waals surface area contributed by atoms with Gasteiger partial charge in [0.25, 0.3) is 0 Å². The van der Waals surface area contributed by atoms with E-state index in [1.54, 1.807) is 14.2 Å². The topological polar surface area (TPSA) is 58.1 Å². The zero-order valence-electron chi connectivity index (χ0n) is 16.9. The molecular formula is C20H36N4O2. The van der Waals surface area contributed by atoms with Gasteiger partial charge >= 0.3 is 0 Å². The standard InChI is InChI=1S/C20H36N4O2/c1-5-15-26-19-9-6-8-18(17-19)10-11-22-20(21-2)23-12-14-24(3)13-7-16-25-4/h6,8-9,17H,5,7,10-16H2,1-4H3,(H2,21,22,23). The highest BCUT2D eigenvalue weighted by Gasteiger charge is 2.01. The number of rotatable bonds is 13. The summed E-state index contributed by atoms with van der Waals surface area (Å²) in [6, 6.07) is 8.30. The molecule has 0 spiro atoms. The molecule has 6 nitrogen and oxygen atoms in total. The first-order valence-corrected chi connectivity index (χ1v) is 9.53. The summed E-state index contributed by atoms with van der Waals surface area (Å²) in [5.41, 5.74) is 1.26. The Bertz CT molecular complexity index is 508. The lowest BCUT2D eigenvalue weighted by Crippen LogP contribution is -2.41. The molecule has 2 N–H and O–H groups in total. The van der Waals surface area contributed by atoms with Gasteiger partial charge in [0.05, 0.1) is 6.61 Å². The van der Waals surface area contributed by atoms with E-state index < -0.39 is 0 Å². The molecule has 26 heavy (non-hydrogen) atoms. The quantitative estimate of drug-likeness (QED) is 0.319. The lowest BCUT2D eigenvalue weighted by atomic mass is 10.1.